The van der Waals surface area contributed by atoms with Crippen LogP contribution in [0, 0.1) is 0 Å². The van der Waals surface area contributed by atoms with E-state index in [9.17, 15) is 4.79 Å². The fourth-order valence-electron chi connectivity index (χ4n) is 2.69. The van der Waals surface area contributed by atoms with Crippen LogP contribution in [0.3, 0.4) is 0 Å². The lowest BCUT2D eigenvalue weighted by atomic mass is 10.2. The second-order valence-corrected chi connectivity index (χ2v) is 5.34. The lowest BCUT2D eigenvalue weighted by molar-refractivity contribution is -0.105. The van der Waals surface area contributed by atoms with E-state index in [1.807, 2.05) is 18.2 Å². The molecular formula is C14H19N5O. The van der Waals surface area contributed by atoms with Gasteiger partial charge in [-0.2, -0.15) is 0 Å². The number of hydrogen-bond donors (Lipinski definition) is 2. The predicted molar refractivity (Wildman–Crippen MR) is 78.6 cm³/mol. The molecule has 1 aliphatic heterocycles. The number of hydrogen-bond acceptors (Lipinski definition) is 4. The Morgan fingerprint density at radius 1 is 1.40 bits per heavy atom. The first-order chi connectivity index (χ1) is 9.69. The average Bonchev–Trinajstić information content (AvgIpc) is 2.87. The van der Waals surface area contributed by atoms with Crippen molar-refractivity contribution in [3.8, 4) is 0 Å². The van der Waals surface area contributed by atoms with E-state index in [4.69, 9.17) is 4.98 Å². The van der Waals surface area contributed by atoms with E-state index in [0.717, 1.165) is 42.2 Å². The maximum absolute atomic E-state index is 10.7. The van der Waals surface area contributed by atoms with Gasteiger partial charge in [0.15, 0.2) is 0 Å². The largest absolute Gasteiger partial charge is 0.341 e. The molecule has 1 fully saturated rings. The van der Waals surface area contributed by atoms with Gasteiger partial charge in [-0.05, 0) is 26.2 Å². The third-order valence-corrected chi connectivity index (χ3v) is 3.91. The summed E-state index contributed by atoms with van der Waals surface area (Å²) >= 11 is 0. The minimum atomic E-state index is 0.255. The highest BCUT2D eigenvalue weighted by Gasteiger charge is 2.26. The number of H-pyrrole nitrogens is 1. The summed E-state index contributed by atoms with van der Waals surface area (Å²) in [5, 5.41) is 2.70. The normalized spacial score (nSPS) is 21.2. The molecule has 20 heavy (non-hydrogen) atoms. The molecule has 1 saturated heterocycles. The van der Waals surface area contributed by atoms with E-state index in [1.54, 1.807) is 0 Å². The van der Waals surface area contributed by atoms with Gasteiger partial charge in [-0.3, -0.25) is 9.69 Å². The summed E-state index contributed by atoms with van der Waals surface area (Å²) in [7, 11) is 4.25. The van der Waals surface area contributed by atoms with E-state index >= 15 is 0 Å². The molecular weight excluding hydrogens is 254 g/mol. The van der Waals surface area contributed by atoms with Crippen molar-refractivity contribution < 1.29 is 4.79 Å². The first kappa shape index (κ1) is 13.1. The number of nitrogens with zero attached hydrogens (tertiary/aromatic N) is 3. The molecule has 3 rings (SSSR count). The molecule has 0 saturated carbocycles. The molecule has 2 N–H and O–H groups in total. The van der Waals surface area contributed by atoms with Gasteiger partial charge in [0.2, 0.25) is 6.41 Å². The minimum absolute atomic E-state index is 0.255. The number of benzene rings is 1. The fourth-order valence-corrected chi connectivity index (χ4v) is 2.69. The molecule has 0 aliphatic carbocycles. The smallest absolute Gasteiger partial charge is 0.211 e. The van der Waals surface area contributed by atoms with Crippen molar-refractivity contribution in [2.24, 2.45) is 0 Å². The zero-order valence-electron chi connectivity index (χ0n) is 11.8. The number of piperazine rings is 1. The third kappa shape index (κ3) is 2.28. The Labute approximate surface area is 117 Å². The number of fused-ring (bicyclic) bond motifs is 1. The Hall–Kier alpha value is -1.92. The number of rotatable bonds is 3. The van der Waals surface area contributed by atoms with Crippen LogP contribution in [0.25, 0.3) is 11.0 Å². The summed E-state index contributed by atoms with van der Waals surface area (Å²) in [5.41, 5.74) is 2.51. The monoisotopic (exact) mass is 273 g/mol. The van der Waals surface area contributed by atoms with Crippen LogP contribution in [0.2, 0.25) is 0 Å². The van der Waals surface area contributed by atoms with Gasteiger partial charge in [-0.25, -0.2) is 4.98 Å². The highest BCUT2D eigenvalue weighted by Crippen LogP contribution is 2.26. The van der Waals surface area contributed by atoms with Gasteiger partial charge >= 0.3 is 0 Å². The summed E-state index contributed by atoms with van der Waals surface area (Å²) in [4.78, 5) is 23.3. The van der Waals surface area contributed by atoms with Crippen LogP contribution in [0.4, 0.5) is 5.69 Å². The van der Waals surface area contributed by atoms with Crippen LogP contribution in [0.1, 0.15) is 11.9 Å². The van der Waals surface area contributed by atoms with Gasteiger partial charge in [-0.1, -0.05) is 6.07 Å². The number of likely N-dealkylation sites (N-methyl/N-ethyl adjacent to an activating group) is 2. The maximum atomic E-state index is 10.7. The summed E-state index contributed by atoms with van der Waals surface area (Å²) in [6.45, 7) is 3.05. The lowest BCUT2D eigenvalue weighted by Crippen LogP contribution is -2.45. The molecule has 1 amide bonds. The molecule has 1 aromatic carbocycles. The Morgan fingerprint density at radius 3 is 3.05 bits per heavy atom. The highest BCUT2D eigenvalue weighted by molar-refractivity contribution is 5.92. The van der Waals surface area contributed by atoms with Gasteiger partial charge in [-0.15, -0.1) is 0 Å². The van der Waals surface area contributed by atoms with E-state index in [1.165, 1.54) is 0 Å². The van der Waals surface area contributed by atoms with Crippen LogP contribution in [-0.4, -0.2) is 59.9 Å². The number of aromatic nitrogens is 2. The Bertz CT molecular complexity index is 623. The molecule has 0 bridgehead atoms. The number of amides is 1. The van der Waals surface area contributed by atoms with Gasteiger partial charge in [0.25, 0.3) is 0 Å². The Balaban J connectivity index is 1.99. The van der Waals surface area contributed by atoms with Crippen LogP contribution in [-0.2, 0) is 4.79 Å². The Kier molecular flexibility index (Phi) is 3.42. The van der Waals surface area contributed by atoms with E-state index in [2.05, 4.69) is 34.2 Å². The number of imidazole rings is 1. The van der Waals surface area contributed by atoms with E-state index in [-0.39, 0.29) is 6.04 Å². The van der Waals surface area contributed by atoms with Crippen molar-refractivity contribution in [1.82, 2.24) is 19.8 Å². The van der Waals surface area contributed by atoms with Crippen LogP contribution >= 0.6 is 0 Å². The highest BCUT2D eigenvalue weighted by atomic mass is 16.1. The van der Waals surface area contributed by atoms with Gasteiger partial charge in [0.1, 0.15) is 11.3 Å². The number of anilines is 1. The first-order valence-corrected chi connectivity index (χ1v) is 6.76. The van der Waals surface area contributed by atoms with E-state index in [0.29, 0.717) is 6.41 Å². The topological polar surface area (TPSA) is 64.3 Å². The van der Waals surface area contributed by atoms with Crippen molar-refractivity contribution in [3.05, 3.63) is 24.0 Å². The zero-order chi connectivity index (χ0) is 14.1. The maximum Gasteiger partial charge on any atom is 0.211 e. The molecule has 2 heterocycles. The molecule has 2 aromatic rings. The van der Waals surface area contributed by atoms with Crippen LogP contribution in [0.15, 0.2) is 18.2 Å². The SMILES string of the molecule is CN1CCN(C)C(c2nc3c(NC=O)cccc3[nH]2)C1. The van der Waals surface area contributed by atoms with Gasteiger partial charge in [0.05, 0.1) is 17.2 Å². The van der Waals surface area contributed by atoms with Crippen LogP contribution < -0.4 is 5.32 Å². The quantitative estimate of drug-likeness (QED) is 0.821. The molecule has 1 aromatic heterocycles. The molecule has 106 valence electrons. The predicted octanol–water partition coefficient (Wildman–Crippen LogP) is 1.05. The number of aromatic amines is 1. The molecule has 0 spiro atoms. The molecule has 6 nitrogen and oxygen atoms in total. The summed E-state index contributed by atoms with van der Waals surface area (Å²) in [6, 6.07) is 6.00. The van der Waals surface area contributed by atoms with Crippen molar-refractivity contribution in [1.29, 1.82) is 0 Å². The van der Waals surface area contributed by atoms with Gasteiger partial charge in [0, 0.05) is 19.6 Å². The number of carbonyl (C=O) groups excluding carboxylic acids is 1. The third-order valence-electron chi connectivity index (χ3n) is 3.91. The second kappa shape index (κ2) is 5.22. The molecule has 1 unspecified atom stereocenters. The second-order valence-electron chi connectivity index (χ2n) is 5.34. The fraction of sp³-hybridized carbons (Fsp3) is 0.429. The summed E-state index contributed by atoms with van der Waals surface area (Å²) in [5.74, 6) is 0.953. The number of carbonyl (C=O) groups is 1. The Morgan fingerprint density at radius 2 is 2.25 bits per heavy atom. The molecule has 0 radical (unpaired) electrons. The molecule has 1 atom stereocenters. The molecule has 1 aliphatic rings. The van der Waals surface area contributed by atoms with Crippen molar-refractivity contribution >= 4 is 23.1 Å². The number of nitrogens with one attached hydrogen (secondary N) is 2. The van der Waals surface area contributed by atoms with Crippen LogP contribution in [0.5, 0.6) is 0 Å². The zero-order valence-corrected chi connectivity index (χ0v) is 11.8. The average molecular weight is 273 g/mol. The van der Waals surface area contributed by atoms with Crippen molar-refractivity contribution in [2.45, 2.75) is 6.04 Å². The molecule has 6 heteroatoms. The first-order valence-electron chi connectivity index (χ1n) is 6.76. The van der Waals surface area contributed by atoms with Crippen molar-refractivity contribution in [3.63, 3.8) is 0 Å². The van der Waals surface area contributed by atoms with E-state index < -0.39 is 0 Å². The number of para-hydroxylation sites is 1. The lowest BCUT2D eigenvalue weighted by Gasteiger charge is -2.36. The van der Waals surface area contributed by atoms with Crippen molar-refractivity contribution in [2.75, 3.05) is 39.0 Å². The summed E-state index contributed by atoms with van der Waals surface area (Å²) < 4.78 is 0. The standard InChI is InChI=1S/C14H19N5O/c1-18-6-7-19(2)12(8-18)14-16-11-5-3-4-10(15-9-20)13(11)17-14/h3-5,9,12H,6-8H2,1-2H3,(H,15,20)(H,16,17). The summed E-state index contributed by atoms with van der Waals surface area (Å²) in [6.07, 6.45) is 0.684. The van der Waals surface area contributed by atoms with Gasteiger partial charge < -0.3 is 15.2 Å². The minimum Gasteiger partial charge on any atom is -0.341 e.